The maximum atomic E-state index is 5.61. The van der Waals surface area contributed by atoms with Gasteiger partial charge in [0.1, 0.15) is 0 Å². The number of nitrogens with one attached hydrogen (secondary N) is 1. The smallest absolute Gasteiger partial charge is 0.209 e. The predicted octanol–water partition coefficient (Wildman–Crippen LogP) is 18.1. The van der Waals surface area contributed by atoms with Gasteiger partial charge in [-0.2, -0.15) is 0 Å². The van der Waals surface area contributed by atoms with Crippen molar-refractivity contribution in [2.75, 3.05) is 4.90 Å². The highest BCUT2D eigenvalue weighted by Crippen LogP contribution is 2.43. The van der Waals surface area contributed by atoms with Crippen LogP contribution in [0.25, 0.3) is 88.4 Å². The quantitative estimate of drug-likeness (QED) is 0.148. The summed E-state index contributed by atoms with van der Waals surface area (Å²) in [4.78, 5) is 7.92. The first-order chi connectivity index (χ1) is 37.5. The van der Waals surface area contributed by atoms with E-state index in [9.17, 15) is 0 Å². The summed E-state index contributed by atoms with van der Waals surface area (Å²) in [5.41, 5.74) is 20.0. The Hall–Kier alpha value is -9.97. The zero-order valence-electron chi connectivity index (χ0n) is 41.9. The van der Waals surface area contributed by atoms with Crippen molar-refractivity contribution < 1.29 is 0 Å². The van der Waals surface area contributed by atoms with E-state index in [0.29, 0.717) is 0 Å². The molecule has 2 aromatic heterocycles. The molecule has 1 unspecified atom stereocenters. The molecule has 0 saturated carbocycles. The van der Waals surface area contributed by atoms with Crippen molar-refractivity contribution in [2.45, 2.75) is 12.7 Å². The van der Waals surface area contributed by atoms with Gasteiger partial charge in [-0.1, -0.05) is 182 Å². The van der Waals surface area contributed by atoms with Crippen LogP contribution >= 0.6 is 0 Å². The minimum atomic E-state index is -0.891. The summed E-state index contributed by atoms with van der Waals surface area (Å²) in [7, 11) is 0. The van der Waals surface area contributed by atoms with Gasteiger partial charge in [0, 0.05) is 50.0 Å². The number of hydrogen-bond acceptors (Lipinski definition) is 3. The van der Waals surface area contributed by atoms with Crippen molar-refractivity contribution in [3.05, 3.63) is 296 Å². The van der Waals surface area contributed by atoms with Crippen molar-refractivity contribution in [3.8, 4) is 39.1 Å². The molecule has 5 nitrogen and oxygen atoms in total. The third kappa shape index (κ3) is 7.85. The lowest BCUT2D eigenvalue weighted by atomic mass is 9.98. The topological polar surface area (TPSA) is 37.5 Å². The molecule has 1 aliphatic heterocycles. The molecule has 0 aliphatic carbocycles. The molecule has 14 rings (SSSR count). The fourth-order valence-electron chi connectivity index (χ4n) is 11.5. The van der Waals surface area contributed by atoms with E-state index in [-0.39, 0.29) is 0 Å². The summed E-state index contributed by atoms with van der Waals surface area (Å²) in [5, 5.41) is 8.68. The van der Waals surface area contributed by atoms with Crippen LogP contribution in [0.4, 0.5) is 17.1 Å². The Morgan fingerprint density at radius 1 is 0.342 bits per heavy atom. The van der Waals surface area contributed by atoms with E-state index < -0.39 is 5.79 Å². The van der Waals surface area contributed by atoms with Gasteiger partial charge in [-0.25, -0.2) is 4.99 Å². The first kappa shape index (κ1) is 44.7. The van der Waals surface area contributed by atoms with Gasteiger partial charge in [-0.15, -0.1) is 0 Å². The second kappa shape index (κ2) is 18.5. The zero-order chi connectivity index (χ0) is 50.6. The molecule has 5 heteroatoms. The molecule has 1 aliphatic rings. The molecular formula is C71H51N5. The number of benzene rings is 11. The van der Waals surface area contributed by atoms with E-state index in [2.05, 4.69) is 311 Å². The van der Waals surface area contributed by atoms with Gasteiger partial charge in [-0.05, 0) is 155 Å². The van der Waals surface area contributed by atoms with Crippen LogP contribution in [0.1, 0.15) is 18.1 Å². The Balaban J connectivity index is 0.938. The number of allylic oxidation sites excluding steroid dienone is 1. The summed E-state index contributed by atoms with van der Waals surface area (Å²) in [6.07, 6.45) is 2.18. The molecule has 11 aromatic carbocycles. The fraction of sp³-hybridized carbons (Fsp3) is 0.0282. The van der Waals surface area contributed by atoms with Crippen molar-refractivity contribution in [1.29, 1.82) is 0 Å². The second-order valence-electron chi connectivity index (χ2n) is 19.8. The third-order valence-electron chi connectivity index (χ3n) is 15.1. The van der Waals surface area contributed by atoms with Gasteiger partial charge < -0.3 is 14.8 Å². The first-order valence-corrected chi connectivity index (χ1v) is 26.0. The molecule has 0 amide bonds. The standard InChI is InChI=1S/C71H51N5/c1-71(72-65(51-24-12-4-13-25-51)48-66(73-71)52-26-14-5-15-27-52)76-69-42-34-54(50-22-10-3-11-23-50)45-63(69)64-47-56(35-43-70(64)76)55-33-41-68-62(46-55)61-44-53(49-20-8-2-9-21-49)32-40-67(61)75(68)60-38-36-59(37-39-60)74(57-28-16-6-17-29-57)58-30-18-7-19-31-58/h2-48,72H,1H3. The Labute approximate surface area is 442 Å². The molecule has 0 saturated heterocycles. The lowest BCUT2D eigenvalue weighted by Gasteiger charge is -2.36. The number of nitrogens with zero attached hydrogens (tertiary/aromatic N) is 4. The van der Waals surface area contributed by atoms with Crippen molar-refractivity contribution in [3.63, 3.8) is 0 Å². The SMILES string of the molecule is CC1(n2c3ccc(-c4ccccc4)cc3c3cc(-c4ccc5c(c4)c4cc(-c6ccccc6)ccc4n5-c4ccc(N(c5ccccc5)c5ccccc5)cc4)ccc32)N=C(c2ccccc2)C=C(c2ccccc2)N1. The minimum Gasteiger partial charge on any atom is -0.344 e. The number of rotatable bonds is 10. The molecule has 1 atom stereocenters. The number of aromatic nitrogens is 2. The average molecular weight is 974 g/mol. The molecule has 0 radical (unpaired) electrons. The van der Waals surface area contributed by atoms with E-state index >= 15 is 0 Å². The van der Waals surface area contributed by atoms with Gasteiger partial charge in [0.05, 0.1) is 27.8 Å². The second-order valence-corrected chi connectivity index (χ2v) is 19.8. The number of fused-ring (bicyclic) bond motifs is 6. The molecule has 13 aromatic rings. The summed E-state index contributed by atoms with van der Waals surface area (Å²) in [6, 6.07) is 100. The summed E-state index contributed by atoms with van der Waals surface area (Å²) in [5.74, 6) is -0.891. The van der Waals surface area contributed by atoms with E-state index in [1.807, 2.05) is 0 Å². The first-order valence-electron chi connectivity index (χ1n) is 26.0. The Kier molecular flexibility index (Phi) is 10.9. The molecule has 3 heterocycles. The Morgan fingerprint density at radius 2 is 0.697 bits per heavy atom. The van der Waals surface area contributed by atoms with E-state index in [1.165, 1.54) is 38.4 Å². The Bertz CT molecular complexity index is 4290. The molecule has 0 fully saturated rings. The average Bonchev–Trinajstić information content (AvgIpc) is 4.03. The zero-order valence-corrected chi connectivity index (χ0v) is 41.9. The minimum absolute atomic E-state index is 0.891. The van der Waals surface area contributed by atoms with Gasteiger partial charge >= 0.3 is 0 Å². The number of aliphatic imine (C=N–C) groups is 1. The van der Waals surface area contributed by atoms with Crippen molar-refractivity contribution in [2.24, 2.45) is 4.99 Å². The van der Waals surface area contributed by atoms with Crippen LogP contribution in [0.3, 0.4) is 0 Å². The van der Waals surface area contributed by atoms with Crippen LogP contribution in [0, 0.1) is 0 Å². The maximum Gasteiger partial charge on any atom is 0.209 e. The normalized spacial score (nSPS) is 14.4. The van der Waals surface area contributed by atoms with Crippen molar-refractivity contribution in [1.82, 2.24) is 14.5 Å². The number of para-hydroxylation sites is 2. The maximum absolute atomic E-state index is 5.61. The van der Waals surface area contributed by atoms with Gasteiger partial charge in [0.25, 0.3) is 0 Å². The lowest BCUT2D eigenvalue weighted by molar-refractivity contribution is 0.316. The molecule has 0 spiro atoms. The Morgan fingerprint density at radius 3 is 1.14 bits per heavy atom. The van der Waals surface area contributed by atoms with Gasteiger partial charge in [0.2, 0.25) is 5.79 Å². The van der Waals surface area contributed by atoms with Gasteiger partial charge in [0.15, 0.2) is 0 Å². The summed E-state index contributed by atoms with van der Waals surface area (Å²) in [6.45, 7) is 2.20. The van der Waals surface area contributed by atoms with Crippen LogP contribution in [-0.4, -0.2) is 14.8 Å². The predicted molar refractivity (Wildman–Crippen MR) is 319 cm³/mol. The van der Waals surface area contributed by atoms with Gasteiger partial charge in [-0.3, -0.25) is 4.57 Å². The van der Waals surface area contributed by atoms with Crippen LogP contribution in [0.5, 0.6) is 0 Å². The fourth-order valence-corrected chi connectivity index (χ4v) is 11.5. The third-order valence-corrected chi connectivity index (χ3v) is 15.1. The largest absolute Gasteiger partial charge is 0.344 e. The molecular weight excluding hydrogens is 923 g/mol. The summed E-state index contributed by atoms with van der Waals surface area (Å²) >= 11 is 0. The van der Waals surface area contributed by atoms with E-state index in [1.54, 1.807) is 0 Å². The highest BCUT2D eigenvalue weighted by Gasteiger charge is 2.34. The van der Waals surface area contributed by atoms with E-state index in [4.69, 9.17) is 4.99 Å². The highest BCUT2D eigenvalue weighted by molar-refractivity contribution is 6.15. The van der Waals surface area contributed by atoms with E-state index in [0.717, 1.165) is 83.9 Å². The number of hydrogen-bond donors (Lipinski definition) is 1. The molecule has 0 bridgehead atoms. The summed E-state index contributed by atoms with van der Waals surface area (Å²) < 4.78 is 4.83. The van der Waals surface area contributed by atoms with Crippen LogP contribution in [0.15, 0.2) is 290 Å². The molecule has 360 valence electrons. The van der Waals surface area contributed by atoms with Crippen LogP contribution < -0.4 is 10.2 Å². The van der Waals surface area contributed by atoms with Crippen molar-refractivity contribution >= 4 is 72.1 Å². The molecule has 1 N–H and O–H groups in total. The monoisotopic (exact) mass is 973 g/mol. The lowest BCUT2D eigenvalue weighted by Crippen LogP contribution is -2.45. The molecule has 76 heavy (non-hydrogen) atoms. The number of anilines is 3. The highest BCUT2D eigenvalue weighted by atomic mass is 15.4. The van der Waals surface area contributed by atoms with Crippen LogP contribution in [-0.2, 0) is 5.79 Å². The van der Waals surface area contributed by atoms with Crippen LogP contribution in [0.2, 0.25) is 0 Å².